The van der Waals surface area contributed by atoms with Crippen molar-refractivity contribution in [3.8, 4) is 5.75 Å². The standard InChI is InChI=1S/C16H20FNO3S/c1-16(2,3)13-9-22-14(18-13)8-21-15-10(6-19)4-12(17)5-11(15)7-20/h4-5,9,19-20H,6-8H2,1-3H3. The summed E-state index contributed by atoms with van der Waals surface area (Å²) in [5, 5.41) is 21.4. The second-order valence-corrected chi connectivity index (χ2v) is 6.98. The monoisotopic (exact) mass is 325 g/mol. The van der Waals surface area contributed by atoms with Gasteiger partial charge in [0.15, 0.2) is 0 Å². The van der Waals surface area contributed by atoms with Crippen LogP contribution in [0.25, 0.3) is 0 Å². The highest BCUT2D eigenvalue weighted by atomic mass is 32.1. The summed E-state index contributed by atoms with van der Waals surface area (Å²) in [4.78, 5) is 4.52. The van der Waals surface area contributed by atoms with Gasteiger partial charge in [-0.3, -0.25) is 0 Å². The van der Waals surface area contributed by atoms with Crippen molar-refractivity contribution in [1.29, 1.82) is 0 Å². The minimum atomic E-state index is -0.510. The first-order valence-corrected chi connectivity index (χ1v) is 7.83. The lowest BCUT2D eigenvalue weighted by atomic mass is 9.93. The van der Waals surface area contributed by atoms with Gasteiger partial charge in [0.1, 0.15) is 23.2 Å². The summed E-state index contributed by atoms with van der Waals surface area (Å²) >= 11 is 1.49. The molecule has 4 nitrogen and oxygen atoms in total. The molecule has 1 aromatic carbocycles. The molecule has 120 valence electrons. The largest absolute Gasteiger partial charge is 0.486 e. The van der Waals surface area contributed by atoms with Crippen molar-refractivity contribution in [3.63, 3.8) is 0 Å². The summed E-state index contributed by atoms with van der Waals surface area (Å²) in [6.45, 7) is 5.75. The molecule has 0 aliphatic heterocycles. The molecule has 0 saturated heterocycles. The fourth-order valence-electron chi connectivity index (χ4n) is 1.99. The summed E-state index contributed by atoms with van der Waals surface area (Å²) in [6.07, 6.45) is 0. The molecular weight excluding hydrogens is 305 g/mol. The van der Waals surface area contributed by atoms with Crippen LogP contribution in [0.2, 0.25) is 0 Å². The van der Waals surface area contributed by atoms with E-state index in [-0.39, 0.29) is 25.2 Å². The zero-order chi connectivity index (χ0) is 16.3. The average Bonchev–Trinajstić information content (AvgIpc) is 2.93. The van der Waals surface area contributed by atoms with Gasteiger partial charge in [0.25, 0.3) is 0 Å². The Balaban J connectivity index is 2.19. The number of aliphatic hydroxyl groups excluding tert-OH is 2. The van der Waals surface area contributed by atoms with Crippen LogP contribution in [0.5, 0.6) is 5.75 Å². The second-order valence-electron chi connectivity index (χ2n) is 6.03. The third kappa shape index (κ3) is 3.82. The molecule has 0 spiro atoms. The van der Waals surface area contributed by atoms with E-state index < -0.39 is 5.82 Å². The number of ether oxygens (including phenoxy) is 1. The lowest BCUT2D eigenvalue weighted by Gasteiger charge is -2.15. The molecular formula is C16H20FNO3S. The van der Waals surface area contributed by atoms with Crippen molar-refractivity contribution in [2.45, 2.75) is 46.0 Å². The molecule has 0 aliphatic rings. The Kier molecular flexibility index (Phi) is 5.16. The number of rotatable bonds is 5. The first kappa shape index (κ1) is 16.9. The summed E-state index contributed by atoms with van der Waals surface area (Å²) in [7, 11) is 0. The Labute approximate surface area is 133 Å². The number of thiazole rings is 1. The Morgan fingerprint density at radius 3 is 2.23 bits per heavy atom. The minimum Gasteiger partial charge on any atom is -0.486 e. The van der Waals surface area contributed by atoms with E-state index in [0.717, 1.165) is 10.7 Å². The van der Waals surface area contributed by atoms with Gasteiger partial charge in [0.2, 0.25) is 0 Å². The van der Waals surface area contributed by atoms with Crippen LogP contribution in [-0.4, -0.2) is 15.2 Å². The zero-order valence-electron chi connectivity index (χ0n) is 12.9. The van der Waals surface area contributed by atoms with Crippen LogP contribution in [0.3, 0.4) is 0 Å². The molecule has 6 heteroatoms. The van der Waals surface area contributed by atoms with E-state index >= 15 is 0 Å². The van der Waals surface area contributed by atoms with Gasteiger partial charge in [0, 0.05) is 21.9 Å². The Morgan fingerprint density at radius 2 is 1.77 bits per heavy atom. The van der Waals surface area contributed by atoms with E-state index in [2.05, 4.69) is 25.8 Å². The van der Waals surface area contributed by atoms with Gasteiger partial charge in [-0.05, 0) is 12.1 Å². The molecule has 2 rings (SSSR count). The highest BCUT2D eigenvalue weighted by Crippen LogP contribution is 2.28. The molecule has 0 aliphatic carbocycles. The lowest BCUT2D eigenvalue weighted by Crippen LogP contribution is -2.12. The predicted molar refractivity (Wildman–Crippen MR) is 83.4 cm³/mol. The van der Waals surface area contributed by atoms with E-state index in [1.807, 2.05) is 5.38 Å². The smallest absolute Gasteiger partial charge is 0.140 e. The Bertz CT molecular complexity index is 624. The van der Waals surface area contributed by atoms with Crippen LogP contribution in [0.1, 0.15) is 42.6 Å². The lowest BCUT2D eigenvalue weighted by molar-refractivity contribution is 0.241. The molecule has 2 aromatic rings. The summed E-state index contributed by atoms with van der Waals surface area (Å²) in [6, 6.07) is 2.41. The van der Waals surface area contributed by atoms with E-state index in [9.17, 15) is 14.6 Å². The molecule has 1 aromatic heterocycles. The number of hydrogen-bond donors (Lipinski definition) is 2. The molecule has 22 heavy (non-hydrogen) atoms. The van der Waals surface area contributed by atoms with Gasteiger partial charge >= 0.3 is 0 Å². The molecule has 0 saturated carbocycles. The van der Waals surface area contributed by atoms with Crippen LogP contribution in [0, 0.1) is 5.82 Å². The van der Waals surface area contributed by atoms with Crippen molar-refractivity contribution in [2.75, 3.05) is 0 Å². The topological polar surface area (TPSA) is 62.6 Å². The van der Waals surface area contributed by atoms with Gasteiger partial charge in [-0.1, -0.05) is 20.8 Å². The van der Waals surface area contributed by atoms with Crippen molar-refractivity contribution >= 4 is 11.3 Å². The molecule has 1 heterocycles. The number of nitrogens with zero attached hydrogens (tertiary/aromatic N) is 1. The van der Waals surface area contributed by atoms with Crippen LogP contribution in [0.15, 0.2) is 17.5 Å². The van der Waals surface area contributed by atoms with E-state index in [1.165, 1.54) is 23.5 Å². The van der Waals surface area contributed by atoms with Crippen molar-refractivity contribution in [3.05, 3.63) is 45.2 Å². The third-order valence-corrected chi connectivity index (χ3v) is 4.03. The summed E-state index contributed by atoms with van der Waals surface area (Å²) in [5.41, 5.74) is 1.59. The van der Waals surface area contributed by atoms with Gasteiger partial charge in [0.05, 0.1) is 18.9 Å². The number of aliphatic hydroxyl groups is 2. The molecule has 0 unspecified atom stereocenters. The van der Waals surface area contributed by atoms with Crippen molar-refractivity contribution < 1.29 is 19.3 Å². The fourth-order valence-corrected chi connectivity index (χ4v) is 2.92. The van der Waals surface area contributed by atoms with E-state index in [0.29, 0.717) is 16.9 Å². The maximum Gasteiger partial charge on any atom is 0.140 e. The Hall–Kier alpha value is -1.50. The van der Waals surface area contributed by atoms with Crippen LogP contribution in [-0.2, 0) is 25.2 Å². The number of benzene rings is 1. The molecule has 0 fully saturated rings. The second kappa shape index (κ2) is 6.73. The predicted octanol–water partition coefficient (Wildman–Crippen LogP) is 3.14. The first-order valence-electron chi connectivity index (χ1n) is 6.96. The normalized spacial score (nSPS) is 11.7. The van der Waals surface area contributed by atoms with Gasteiger partial charge in [-0.2, -0.15) is 0 Å². The van der Waals surface area contributed by atoms with E-state index in [1.54, 1.807) is 0 Å². The Morgan fingerprint density at radius 1 is 1.18 bits per heavy atom. The quantitative estimate of drug-likeness (QED) is 0.886. The van der Waals surface area contributed by atoms with Crippen molar-refractivity contribution in [2.24, 2.45) is 0 Å². The maximum atomic E-state index is 13.4. The molecule has 0 amide bonds. The maximum absolute atomic E-state index is 13.4. The fraction of sp³-hybridized carbons (Fsp3) is 0.438. The van der Waals surface area contributed by atoms with Gasteiger partial charge < -0.3 is 14.9 Å². The number of halogens is 1. The van der Waals surface area contributed by atoms with Gasteiger partial charge in [-0.15, -0.1) is 11.3 Å². The molecule has 2 N–H and O–H groups in total. The number of hydrogen-bond acceptors (Lipinski definition) is 5. The minimum absolute atomic E-state index is 0.0306. The average molecular weight is 325 g/mol. The zero-order valence-corrected chi connectivity index (χ0v) is 13.7. The first-order chi connectivity index (χ1) is 10.3. The molecule has 0 atom stereocenters. The van der Waals surface area contributed by atoms with Crippen LogP contribution in [0.4, 0.5) is 4.39 Å². The van der Waals surface area contributed by atoms with E-state index in [4.69, 9.17) is 4.74 Å². The SMILES string of the molecule is CC(C)(C)c1csc(COc2c(CO)cc(F)cc2CO)n1. The molecule has 0 radical (unpaired) electrons. The van der Waals surface area contributed by atoms with Crippen molar-refractivity contribution in [1.82, 2.24) is 4.98 Å². The highest BCUT2D eigenvalue weighted by Gasteiger charge is 2.18. The van der Waals surface area contributed by atoms with Crippen LogP contribution >= 0.6 is 11.3 Å². The van der Waals surface area contributed by atoms with Gasteiger partial charge in [-0.25, -0.2) is 9.37 Å². The molecule has 0 bridgehead atoms. The summed E-state index contributed by atoms with van der Waals surface area (Å²) in [5.74, 6) is -0.191. The number of aromatic nitrogens is 1. The summed E-state index contributed by atoms with van der Waals surface area (Å²) < 4.78 is 19.1. The van der Waals surface area contributed by atoms with Crippen LogP contribution < -0.4 is 4.74 Å². The third-order valence-electron chi connectivity index (χ3n) is 3.21. The highest BCUT2D eigenvalue weighted by molar-refractivity contribution is 7.09.